The van der Waals surface area contributed by atoms with E-state index in [-0.39, 0.29) is 5.75 Å². The highest BCUT2D eigenvalue weighted by Crippen LogP contribution is 2.10. The van der Waals surface area contributed by atoms with Gasteiger partial charge in [-0.15, -0.1) is 0 Å². The van der Waals surface area contributed by atoms with Crippen molar-refractivity contribution >= 4 is 9.04 Å². The van der Waals surface area contributed by atoms with Crippen LogP contribution in [0, 0.1) is 0 Å². The molecule has 0 aliphatic heterocycles. The van der Waals surface area contributed by atoms with Crippen LogP contribution in [0.4, 0.5) is 0 Å². The van der Waals surface area contributed by atoms with Gasteiger partial charge in [0.15, 0.2) is 9.04 Å². The molecule has 0 saturated heterocycles. The topological polar surface area (TPSA) is 40.5 Å². The Labute approximate surface area is 67.9 Å². The summed E-state index contributed by atoms with van der Waals surface area (Å²) in [6, 6.07) is 7.75. The molecule has 0 radical (unpaired) electrons. The van der Waals surface area contributed by atoms with Gasteiger partial charge in [0.25, 0.3) is 0 Å². The van der Waals surface area contributed by atoms with Crippen LogP contribution in [0.1, 0.15) is 5.56 Å². The van der Waals surface area contributed by atoms with Gasteiger partial charge in [0.2, 0.25) is 0 Å². The SMILES string of the molecule is C[SiH](O)Cc1ccc(O)cc1. The molecule has 0 aromatic heterocycles. The van der Waals surface area contributed by atoms with Crippen molar-refractivity contribution < 1.29 is 9.90 Å². The fraction of sp³-hybridized carbons (Fsp3) is 0.250. The van der Waals surface area contributed by atoms with Crippen LogP contribution >= 0.6 is 0 Å². The van der Waals surface area contributed by atoms with Gasteiger partial charge in [-0.25, -0.2) is 0 Å². The maximum absolute atomic E-state index is 9.15. The second kappa shape index (κ2) is 3.55. The molecular formula is C8H12O2Si. The van der Waals surface area contributed by atoms with E-state index in [0.717, 1.165) is 11.6 Å². The fourth-order valence-electron chi connectivity index (χ4n) is 0.973. The Morgan fingerprint density at radius 1 is 1.27 bits per heavy atom. The van der Waals surface area contributed by atoms with Crippen molar-refractivity contribution in [1.82, 2.24) is 0 Å². The Morgan fingerprint density at radius 3 is 2.27 bits per heavy atom. The second-order valence-corrected chi connectivity index (χ2v) is 4.83. The van der Waals surface area contributed by atoms with E-state index < -0.39 is 9.04 Å². The van der Waals surface area contributed by atoms with Crippen LogP contribution < -0.4 is 0 Å². The molecule has 3 heteroatoms. The van der Waals surface area contributed by atoms with Crippen LogP contribution in [-0.2, 0) is 6.04 Å². The number of phenolic OH excluding ortho intramolecular Hbond substituents is 1. The highest BCUT2D eigenvalue weighted by molar-refractivity contribution is 6.48. The van der Waals surface area contributed by atoms with E-state index in [1.807, 2.05) is 18.7 Å². The first-order chi connectivity index (χ1) is 5.18. The molecule has 2 nitrogen and oxygen atoms in total. The first-order valence-corrected chi connectivity index (χ1v) is 6.13. The number of aromatic hydroxyl groups is 1. The van der Waals surface area contributed by atoms with E-state index in [1.54, 1.807) is 12.1 Å². The lowest BCUT2D eigenvalue weighted by Crippen LogP contribution is -2.09. The summed E-state index contributed by atoms with van der Waals surface area (Å²) in [5, 5.41) is 8.94. The maximum Gasteiger partial charge on any atom is 0.173 e. The fourth-order valence-corrected chi connectivity index (χ4v) is 1.93. The molecule has 0 saturated carbocycles. The molecule has 2 N–H and O–H groups in total. The first-order valence-electron chi connectivity index (χ1n) is 3.64. The number of benzene rings is 1. The van der Waals surface area contributed by atoms with Crippen molar-refractivity contribution in [2.75, 3.05) is 0 Å². The predicted octanol–water partition coefficient (Wildman–Crippen LogP) is 0.820. The van der Waals surface area contributed by atoms with Gasteiger partial charge >= 0.3 is 0 Å². The third kappa shape index (κ3) is 2.74. The van der Waals surface area contributed by atoms with Gasteiger partial charge in [-0.1, -0.05) is 12.1 Å². The molecule has 60 valence electrons. The van der Waals surface area contributed by atoms with Crippen LogP contribution in [0.3, 0.4) is 0 Å². The van der Waals surface area contributed by atoms with Crippen molar-refractivity contribution in [3.05, 3.63) is 29.8 Å². The number of hydrogen-bond donors (Lipinski definition) is 2. The highest BCUT2D eigenvalue weighted by atomic mass is 28.3. The number of rotatable bonds is 2. The van der Waals surface area contributed by atoms with Crippen molar-refractivity contribution in [1.29, 1.82) is 0 Å². The zero-order valence-corrected chi connectivity index (χ0v) is 7.64. The van der Waals surface area contributed by atoms with Gasteiger partial charge in [0.05, 0.1) is 0 Å². The summed E-state index contributed by atoms with van der Waals surface area (Å²) in [4.78, 5) is 9.15. The van der Waals surface area contributed by atoms with Gasteiger partial charge in [-0.3, -0.25) is 0 Å². The van der Waals surface area contributed by atoms with Gasteiger partial charge in [-0.05, 0) is 30.3 Å². The molecule has 1 aromatic rings. The monoisotopic (exact) mass is 168 g/mol. The molecule has 1 aromatic carbocycles. The maximum atomic E-state index is 9.15. The number of hydrogen-bond acceptors (Lipinski definition) is 2. The average Bonchev–Trinajstić information content (AvgIpc) is 1.93. The minimum atomic E-state index is -1.49. The Morgan fingerprint density at radius 2 is 1.82 bits per heavy atom. The lowest BCUT2D eigenvalue weighted by atomic mass is 10.2. The third-order valence-electron chi connectivity index (χ3n) is 1.47. The standard InChI is InChI=1S/C8H12O2Si/c1-11(10)6-7-2-4-8(9)5-3-7/h2-5,9-11H,6H2,1H3. The van der Waals surface area contributed by atoms with Crippen molar-refractivity contribution in [3.8, 4) is 5.75 Å². The van der Waals surface area contributed by atoms with Gasteiger partial charge < -0.3 is 9.90 Å². The van der Waals surface area contributed by atoms with E-state index >= 15 is 0 Å². The van der Waals surface area contributed by atoms with Crippen LogP contribution in [0.15, 0.2) is 24.3 Å². The lowest BCUT2D eigenvalue weighted by molar-refractivity contribution is 0.475. The van der Waals surface area contributed by atoms with Crippen LogP contribution in [0.2, 0.25) is 6.55 Å². The molecular weight excluding hydrogens is 156 g/mol. The minimum absolute atomic E-state index is 0.279. The summed E-state index contributed by atoms with van der Waals surface area (Å²) in [6.07, 6.45) is 0. The van der Waals surface area contributed by atoms with E-state index in [0.29, 0.717) is 0 Å². The zero-order valence-electron chi connectivity index (χ0n) is 6.49. The smallest absolute Gasteiger partial charge is 0.173 e. The van der Waals surface area contributed by atoms with Crippen LogP contribution in [-0.4, -0.2) is 18.9 Å². The quantitative estimate of drug-likeness (QED) is 0.642. The molecule has 11 heavy (non-hydrogen) atoms. The summed E-state index contributed by atoms with van der Waals surface area (Å²) in [6.45, 7) is 1.88. The third-order valence-corrected chi connectivity index (χ3v) is 2.53. The van der Waals surface area contributed by atoms with Crippen LogP contribution in [0.5, 0.6) is 5.75 Å². The average molecular weight is 168 g/mol. The molecule has 0 amide bonds. The van der Waals surface area contributed by atoms with Gasteiger partial charge in [0.1, 0.15) is 5.75 Å². The molecule has 0 aliphatic rings. The Kier molecular flexibility index (Phi) is 2.68. The molecule has 1 atom stereocenters. The van der Waals surface area contributed by atoms with Crippen molar-refractivity contribution in [3.63, 3.8) is 0 Å². The molecule has 0 fully saturated rings. The minimum Gasteiger partial charge on any atom is -0.508 e. The summed E-state index contributed by atoms with van der Waals surface area (Å²) < 4.78 is 0. The largest absolute Gasteiger partial charge is 0.508 e. The van der Waals surface area contributed by atoms with Gasteiger partial charge in [0, 0.05) is 0 Å². The van der Waals surface area contributed by atoms with E-state index in [9.17, 15) is 0 Å². The molecule has 0 spiro atoms. The molecule has 0 bridgehead atoms. The Hall–Kier alpha value is -0.803. The van der Waals surface area contributed by atoms with E-state index in [1.165, 1.54) is 0 Å². The number of phenols is 1. The van der Waals surface area contributed by atoms with E-state index in [2.05, 4.69) is 0 Å². The zero-order chi connectivity index (χ0) is 8.27. The highest BCUT2D eigenvalue weighted by Gasteiger charge is 1.99. The van der Waals surface area contributed by atoms with Crippen molar-refractivity contribution in [2.45, 2.75) is 12.6 Å². The predicted molar refractivity (Wildman–Crippen MR) is 47.0 cm³/mol. The first kappa shape index (κ1) is 8.29. The molecule has 1 rings (SSSR count). The normalized spacial score (nSPS) is 12.9. The summed E-state index contributed by atoms with van der Waals surface area (Å²) in [7, 11) is -1.49. The van der Waals surface area contributed by atoms with E-state index in [4.69, 9.17) is 9.90 Å². The molecule has 0 aliphatic carbocycles. The van der Waals surface area contributed by atoms with Crippen molar-refractivity contribution in [2.24, 2.45) is 0 Å². The summed E-state index contributed by atoms with van der Waals surface area (Å²) >= 11 is 0. The Balaban J connectivity index is 2.66. The second-order valence-electron chi connectivity index (χ2n) is 2.72. The summed E-state index contributed by atoms with van der Waals surface area (Å²) in [5.74, 6) is 0.279. The van der Waals surface area contributed by atoms with Crippen LogP contribution in [0.25, 0.3) is 0 Å². The Bertz CT molecular complexity index is 218. The van der Waals surface area contributed by atoms with Gasteiger partial charge in [-0.2, -0.15) is 0 Å². The molecule has 0 heterocycles. The molecule has 1 unspecified atom stereocenters. The lowest BCUT2D eigenvalue weighted by Gasteiger charge is -2.01. The summed E-state index contributed by atoms with van der Waals surface area (Å²) in [5.41, 5.74) is 1.10.